The van der Waals surface area contributed by atoms with E-state index in [9.17, 15) is 18.0 Å². The van der Waals surface area contributed by atoms with Gasteiger partial charge < -0.3 is 9.64 Å². The molecule has 6 heteroatoms. The summed E-state index contributed by atoms with van der Waals surface area (Å²) in [6.07, 6.45) is -2.66. The molecular weight excluding hydrogens is 271 g/mol. The van der Waals surface area contributed by atoms with Gasteiger partial charge in [0.15, 0.2) is 0 Å². The van der Waals surface area contributed by atoms with Crippen molar-refractivity contribution in [1.29, 1.82) is 0 Å². The number of anilines is 1. The van der Waals surface area contributed by atoms with E-state index in [4.69, 9.17) is 4.74 Å². The summed E-state index contributed by atoms with van der Waals surface area (Å²) in [6.45, 7) is 1.12. The fourth-order valence-corrected chi connectivity index (χ4v) is 2.43. The Hall–Kier alpha value is -1.56. The first-order chi connectivity index (χ1) is 9.43. The summed E-state index contributed by atoms with van der Waals surface area (Å²) in [6, 6.07) is 3.69. The Kier molecular flexibility index (Phi) is 4.32. The zero-order valence-electron chi connectivity index (χ0n) is 11.1. The van der Waals surface area contributed by atoms with Crippen LogP contribution < -0.4 is 4.90 Å². The molecule has 0 bridgehead atoms. The summed E-state index contributed by atoms with van der Waals surface area (Å²) in [4.78, 5) is 12.3. The molecule has 0 atom stereocenters. The van der Waals surface area contributed by atoms with Crippen LogP contribution in [0.5, 0.6) is 0 Å². The molecule has 2 rings (SSSR count). The first-order valence-corrected chi connectivity index (χ1v) is 6.40. The summed E-state index contributed by atoms with van der Waals surface area (Å²) in [7, 11) is 1.65. The van der Waals surface area contributed by atoms with Crippen molar-refractivity contribution in [3.05, 3.63) is 29.3 Å². The van der Waals surface area contributed by atoms with Crippen LogP contribution in [0.3, 0.4) is 0 Å². The van der Waals surface area contributed by atoms with Gasteiger partial charge in [0.05, 0.1) is 5.56 Å². The normalized spacial score (nSPS) is 17.0. The molecule has 1 aromatic rings. The van der Waals surface area contributed by atoms with Gasteiger partial charge in [-0.2, -0.15) is 13.2 Å². The number of halogens is 3. The van der Waals surface area contributed by atoms with Crippen molar-refractivity contribution >= 4 is 12.0 Å². The lowest BCUT2D eigenvalue weighted by atomic mass is 10.0. The Morgan fingerprint density at radius 3 is 2.50 bits per heavy atom. The average molecular weight is 287 g/mol. The van der Waals surface area contributed by atoms with Gasteiger partial charge in [0.1, 0.15) is 6.29 Å². The number of benzene rings is 1. The summed E-state index contributed by atoms with van der Waals surface area (Å²) in [5.41, 5.74) is -0.632. The van der Waals surface area contributed by atoms with Crippen molar-refractivity contribution in [1.82, 2.24) is 0 Å². The van der Waals surface area contributed by atoms with E-state index < -0.39 is 11.7 Å². The standard InChI is InChI=1S/C14H16F3NO2/c1-18(11-4-6-20-7-5-11)13-3-2-10(9-19)8-12(13)14(15,16)17/h2-3,8-9,11H,4-7H2,1H3. The van der Waals surface area contributed by atoms with Crippen molar-refractivity contribution in [2.24, 2.45) is 0 Å². The quantitative estimate of drug-likeness (QED) is 0.800. The highest BCUT2D eigenvalue weighted by Crippen LogP contribution is 2.38. The molecule has 1 heterocycles. The predicted octanol–water partition coefficient (Wildman–Crippen LogP) is 3.13. The number of carbonyl (C=O) groups excluding carboxylic acids is 1. The van der Waals surface area contributed by atoms with Crippen LogP contribution in [0.15, 0.2) is 18.2 Å². The smallest absolute Gasteiger partial charge is 0.381 e. The molecule has 0 spiro atoms. The van der Waals surface area contributed by atoms with Crippen LogP contribution in [0.25, 0.3) is 0 Å². The fourth-order valence-electron chi connectivity index (χ4n) is 2.43. The van der Waals surface area contributed by atoms with Crippen LogP contribution in [-0.4, -0.2) is 32.6 Å². The minimum atomic E-state index is -4.48. The molecule has 0 amide bonds. The molecule has 1 fully saturated rings. The van der Waals surface area contributed by atoms with Gasteiger partial charge in [-0.25, -0.2) is 0 Å². The molecule has 1 saturated heterocycles. The van der Waals surface area contributed by atoms with Crippen LogP contribution in [0, 0.1) is 0 Å². The first-order valence-electron chi connectivity index (χ1n) is 6.40. The van der Waals surface area contributed by atoms with E-state index in [0.717, 1.165) is 6.07 Å². The maximum atomic E-state index is 13.1. The number of carbonyl (C=O) groups is 1. The lowest BCUT2D eigenvalue weighted by Gasteiger charge is -2.34. The molecule has 1 aliphatic rings. The molecular formula is C14H16F3NO2. The SMILES string of the molecule is CN(c1ccc(C=O)cc1C(F)(F)F)C1CCOCC1. The van der Waals surface area contributed by atoms with Gasteiger partial charge in [-0.05, 0) is 31.0 Å². The van der Waals surface area contributed by atoms with Crippen molar-refractivity contribution in [2.75, 3.05) is 25.2 Å². The van der Waals surface area contributed by atoms with E-state index in [1.807, 2.05) is 0 Å². The van der Waals surface area contributed by atoms with Crippen molar-refractivity contribution in [2.45, 2.75) is 25.1 Å². The summed E-state index contributed by atoms with van der Waals surface area (Å²) in [5, 5.41) is 0. The summed E-state index contributed by atoms with van der Waals surface area (Å²) < 4.78 is 44.6. The highest BCUT2D eigenvalue weighted by atomic mass is 19.4. The molecule has 0 aliphatic carbocycles. The van der Waals surface area contributed by atoms with E-state index in [0.29, 0.717) is 32.3 Å². The number of hydrogen-bond acceptors (Lipinski definition) is 3. The number of ether oxygens (including phenoxy) is 1. The molecule has 1 aliphatic heterocycles. The number of rotatable bonds is 3. The second-order valence-electron chi connectivity index (χ2n) is 4.85. The highest BCUT2D eigenvalue weighted by molar-refractivity contribution is 5.77. The van der Waals surface area contributed by atoms with Crippen LogP contribution in [-0.2, 0) is 10.9 Å². The zero-order chi connectivity index (χ0) is 14.8. The third-order valence-electron chi connectivity index (χ3n) is 3.58. The van der Waals surface area contributed by atoms with Gasteiger partial charge in [-0.15, -0.1) is 0 Å². The van der Waals surface area contributed by atoms with Gasteiger partial charge in [-0.1, -0.05) is 0 Å². The minimum absolute atomic E-state index is 0.0203. The second kappa shape index (κ2) is 5.83. The van der Waals surface area contributed by atoms with Gasteiger partial charge in [0, 0.05) is 37.6 Å². The number of alkyl halides is 3. The van der Waals surface area contributed by atoms with E-state index in [1.165, 1.54) is 12.1 Å². The third kappa shape index (κ3) is 3.12. The van der Waals surface area contributed by atoms with Crippen LogP contribution in [0.1, 0.15) is 28.8 Å². The minimum Gasteiger partial charge on any atom is -0.381 e. The Labute approximate surface area is 115 Å². The predicted molar refractivity (Wildman–Crippen MR) is 69.1 cm³/mol. The Morgan fingerprint density at radius 1 is 1.30 bits per heavy atom. The lowest BCUT2D eigenvalue weighted by Crippen LogP contribution is -2.37. The third-order valence-corrected chi connectivity index (χ3v) is 3.58. The molecule has 3 nitrogen and oxygen atoms in total. The molecule has 0 radical (unpaired) electrons. The monoisotopic (exact) mass is 287 g/mol. The first kappa shape index (κ1) is 14.8. The van der Waals surface area contributed by atoms with Crippen molar-refractivity contribution < 1.29 is 22.7 Å². The highest BCUT2D eigenvalue weighted by Gasteiger charge is 2.35. The maximum Gasteiger partial charge on any atom is 0.418 e. The number of aldehydes is 1. The molecule has 0 N–H and O–H groups in total. The molecule has 0 unspecified atom stereocenters. The Balaban J connectivity index is 2.36. The van der Waals surface area contributed by atoms with E-state index in [-0.39, 0.29) is 17.3 Å². The van der Waals surface area contributed by atoms with Gasteiger partial charge in [-0.3, -0.25) is 4.79 Å². The molecule has 0 saturated carbocycles. The molecule has 1 aromatic carbocycles. The van der Waals surface area contributed by atoms with Gasteiger partial charge in [0.2, 0.25) is 0 Å². The van der Waals surface area contributed by atoms with Crippen LogP contribution in [0.4, 0.5) is 18.9 Å². The number of nitrogens with zero attached hydrogens (tertiary/aromatic N) is 1. The fraction of sp³-hybridized carbons (Fsp3) is 0.500. The van der Waals surface area contributed by atoms with E-state index >= 15 is 0 Å². The lowest BCUT2D eigenvalue weighted by molar-refractivity contribution is -0.137. The topological polar surface area (TPSA) is 29.5 Å². The largest absolute Gasteiger partial charge is 0.418 e. The summed E-state index contributed by atoms with van der Waals surface area (Å²) in [5.74, 6) is 0. The maximum absolute atomic E-state index is 13.1. The molecule has 0 aromatic heterocycles. The Morgan fingerprint density at radius 2 is 1.95 bits per heavy atom. The second-order valence-corrected chi connectivity index (χ2v) is 4.85. The van der Waals surface area contributed by atoms with Crippen molar-refractivity contribution in [3.63, 3.8) is 0 Å². The average Bonchev–Trinajstić information content (AvgIpc) is 2.46. The summed E-state index contributed by atoms with van der Waals surface area (Å²) >= 11 is 0. The number of hydrogen-bond donors (Lipinski definition) is 0. The van der Waals surface area contributed by atoms with Crippen LogP contribution in [0.2, 0.25) is 0 Å². The van der Waals surface area contributed by atoms with E-state index in [2.05, 4.69) is 0 Å². The Bertz CT molecular complexity index is 482. The molecule has 110 valence electrons. The van der Waals surface area contributed by atoms with Gasteiger partial charge >= 0.3 is 6.18 Å². The van der Waals surface area contributed by atoms with Crippen molar-refractivity contribution in [3.8, 4) is 0 Å². The van der Waals surface area contributed by atoms with Gasteiger partial charge in [0.25, 0.3) is 0 Å². The van der Waals surface area contributed by atoms with Crippen LogP contribution >= 0.6 is 0 Å². The zero-order valence-corrected chi connectivity index (χ0v) is 11.1. The molecule has 20 heavy (non-hydrogen) atoms. The van der Waals surface area contributed by atoms with E-state index in [1.54, 1.807) is 11.9 Å².